The first-order valence-corrected chi connectivity index (χ1v) is 23.3. The summed E-state index contributed by atoms with van der Waals surface area (Å²) in [6, 6.07) is 17.0. The zero-order valence-corrected chi connectivity index (χ0v) is 35.5. The number of carbonyl (C=O) groups excluding carboxylic acids is 3. The molecule has 1 aromatic heterocycles. The average molecular weight is 841 g/mol. The van der Waals surface area contributed by atoms with Gasteiger partial charge in [-0.15, -0.1) is 0 Å². The Morgan fingerprint density at radius 1 is 0.869 bits per heavy atom. The molecule has 12 heteroatoms. The highest BCUT2D eigenvalue weighted by Gasteiger charge is 2.50. The summed E-state index contributed by atoms with van der Waals surface area (Å²) in [6.45, 7) is 6.60. The molecule has 6 aliphatic heterocycles. The number of hydrogen-bond acceptors (Lipinski definition) is 8. The summed E-state index contributed by atoms with van der Waals surface area (Å²) in [6.07, 6.45) is 13.2. The number of amides is 3. The third-order valence-electron chi connectivity index (χ3n) is 16.6. The van der Waals surface area contributed by atoms with Crippen LogP contribution >= 0.6 is 11.6 Å². The third kappa shape index (κ3) is 5.85. The Bertz CT molecular complexity index is 2580. The van der Waals surface area contributed by atoms with E-state index in [2.05, 4.69) is 43.9 Å². The molecule has 2 saturated carbocycles. The van der Waals surface area contributed by atoms with Crippen molar-refractivity contribution in [2.45, 2.75) is 119 Å². The third-order valence-corrected chi connectivity index (χ3v) is 16.9. The number of imide groups is 1. The van der Waals surface area contributed by atoms with Gasteiger partial charge < -0.3 is 19.4 Å². The molecule has 2 spiro atoms. The summed E-state index contributed by atoms with van der Waals surface area (Å²) in [5, 5.41) is 3.39. The lowest BCUT2D eigenvalue weighted by molar-refractivity contribution is -0.136. The van der Waals surface area contributed by atoms with Crippen molar-refractivity contribution >= 4 is 40.2 Å². The molecule has 4 aromatic rings. The predicted octanol–water partition coefficient (Wildman–Crippen LogP) is 6.75. The minimum atomic E-state index is -0.620. The molecule has 0 unspecified atom stereocenters. The minimum Gasteiger partial charge on any atom is -0.492 e. The van der Waals surface area contributed by atoms with Crippen molar-refractivity contribution in [2.75, 3.05) is 39.3 Å². The largest absolute Gasteiger partial charge is 0.492 e. The van der Waals surface area contributed by atoms with Crippen molar-refractivity contribution in [3.8, 4) is 11.4 Å². The maximum atomic E-state index is 13.4. The first-order valence-electron chi connectivity index (χ1n) is 23.0. The van der Waals surface area contributed by atoms with E-state index < -0.39 is 6.04 Å². The van der Waals surface area contributed by atoms with Crippen molar-refractivity contribution in [2.24, 2.45) is 5.92 Å². The number of benzene rings is 3. The first-order chi connectivity index (χ1) is 29.7. The standard InChI is InChI=1S/C49H53ClN6O5/c50-37-5-4-6-39-42(37)45(59)52-47-49(15-2-1-3-16-49)36-25-31(7-10-38(36)56(39)47)30-13-19-53(20-14-30)26-29-23-32(24-29)54-21-17-48(18-22-54)28-61-43-34-27-55(40-11-12-41(57)51-44(40)58)46(60)33(34)8-9-35(43)48/h4-10,25,29-30,32,40H,1-3,11-24,26-28H2,(H,51,57,58)/t29?,32?,40-/m0/s1. The highest BCUT2D eigenvalue weighted by atomic mass is 35.5. The molecule has 3 saturated heterocycles. The number of nitrogens with zero attached hydrogens (tertiary/aromatic N) is 5. The van der Waals surface area contributed by atoms with Crippen LogP contribution in [-0.2, 0) is 27.0 Å². The summed E-state index contributed by atoms with van der Waals surface area (Å²) in [5.74, 6) is 2.26. The molecule has 11 nitrogen and oxygen atoms in total. The Morgan fingerprint density at radius 2 is 1.67 bits per heavy atom. The molecule has 0 radical (unpaired) electrons. The van der Waals surface area contributed by atoms with Crippen LogP contribution in [0.25, 0.3) is 16.6 Å². The summed E-state index contributed by atoms with van der Waals surface area (Å²) >= 11 is 6.59. The van der Waals surface area contributed by atoms with E-state index in [-0.39, 0.29) is 40.5 Å². The van der Waals surface area contributed by atoms with Gasteiger partial charge in [0.2, 0.25) is 11.8 Å². The second kappa shape index (κ2) is 14.2. The van der Waals surface area contributed by atoms with Gasteiger partial charge in [0.25, 0.3) is 11.5 Å². The monoisotopic (exact) mass is 840 g/mol. The van der Waals surface area contributed by atoms with Crippen molar-refractivity contribution in [1.29, 1.82) is 0 Å². The predicted molar refractivity (Wildman–Crippen MR) is 232 cm³/mol. The van der Waals surface area contributed by atoms with Crippen LogP contribution in [0.5, 0.6) is 5.75 Å². The van der Waals surface area contributed by atoms with E-state index in [0.717, 1.165) is 93.3 Å². The molecular weight excluding hydrogens is 788 g/mol. The highest BCUT2D eigenvalue weighted by Crippen LogP contribution is 2.53. The van der Waals surface area contributed by atoms with Gasteiger partial charge in [0.05, 0.1) is 40.2 Å². The summed E-state index contributed by atoms with van der Waals surface area (Å²) < 4.78 is 8.69. The maximum Gasteiger partial charge on any atom is 0.282 e. The molecule has 61 heavy (non-hydrogen) atoms. The Balaban J connectivity index is 0.662. The maximum absolute atomic E-state index is 13.4. The molecule has 0 bridgehead atoms. The van der Waals surface area contributed by atoms with E-state index >= 15 is 0 Å². The van der Waals surface area contributed by atoms with E-state index in [9.17, 15) is 19.2 Å². The topological polar surface area (TPSA) is 117 Å². The highest BCUT2D eigenvalue weighted by molar-refractivity contribution is 6.35. The van der Waals surface area contributed by atoms with Crippen LogP contribution in [0.4, 0.5) is 0 Å². The fraction of sp³-hybridized carbons (Fsp3) is 0.531. The van der Waals surface area contributed by atoms with Gasteiger partial charge in [-0.2, -0.15) is 4.98 Å². The number of nitrogens with one attached hydrogen (secondary N) is 1. The van der Waals surface area contributed by atoms with Crippen LogP contribution in [0.15, 0.2) is 53.3 Å². The van der Waals surface area contributed by atoms with Crippen LogP contribution in [0, 0.1) is 5.92 Å². The Morgan fingerprint density at radius 3 is 2.46 bits per heavy atom. The van der Waals surface area contributed by atoms with Crippen molar-refractivity contribution in [3.63, 3.8) is 0 Å². The molecule has 7 heterocycles. The SMILES string of the molecule is O=C1CC[C@H](N2Cc3c(ccc4c3OCC43CCN(C4CC(CN5CCC(c6ccc7c(c6)C6(CCCCC6)c6nc(=O)c8c(Cl)cccc8n6-7)CC5)C4)CC3)C2=O)C(=O)N1. The smallest absolute Gasteiger partial charge is 0.282 e. The van der Waals surface area contributed by atoms with Gasteiger partial charge in [0.15, 0.2) is 0 Å². The summed E-state index contributed by atoms with van der Waals surface area (Å²) in [7, 11) is 0. The van der Waals surface area contributed by atoms with Crippen LogP contribution < -0.4 is 15.6 Å². The van der Waals surface area contributed by atoms with Gasteiger partial charge in [-0.25, -0.2) is 0 Å². The quantitative estimate of drug-likeness (QED) is 0.220. The second-order valence-corrected chi connectivity index (χ2v) is 20.1. The Labute approximate surface area is 360 Å². The van der Waals surface area contributed by atoms with Gasteiger partial charge in [-0.3, -0.25) is 29.1 Å². The Hall–Kier alpha value is -4.58. The molecule has 8 aliphatic rings. The van der Waals surface area contributed by atoms with E-state index in [1.807, 2.05) is 18.2 Å². The van der Waals surface area contributed by atoms with Gasteiger partial charge in [-0.1, -0.05) is 55.1 Å². The number of piperidine rings is 3. The number of ether oxygens (including phenoxy) is 1. The van der Waals surface area contributed by atoms with E-state index in [0.29, 0.717) is 47.5 Å². The molecule has 12 rings (SSSR count). The lowest BCUT2D eigenvalue weighted by Crippen LogP contribution is -2.53. The number of halogens is 1. The lowest BCUT2D eigenvalue weighted by Gasteiger charge is -2.49. The molecule has 2 aliphatic carbocycles. The second-order valence-electron chi connectivity index (χ2n) is 19.7. The number of aromatic nitrogens is 2. The fourth-order valence-corrected chi connectivity index (χ4v) is 13.4. The van der Waals surface area contributed by atoms with E-state index in [1.54, 1.807) is 11.0 Å². The van der Waals surface area contributed by atoms with Crippen molar-refractivity contribution in [1.82, 2.24) is 29.6 Å². The van der Waals surface area contributed by atoms with Crippen LogP contribution in [0.3, 0.4) is 0 Å². The fourth-order valence-electron chi connectivity index (χ4n) is 13.1. The number of carbonyl (C=O) groups is 3. The summed E-state index contributed by atoms with van der Waals surface area (Å²) in [4.78, 5) is 63.1. The first kappa shape index (κ1) is 38.1. The Kier molecular flexibility index (Phi) is 8.89. The number of rotatable bonds is 5. The van der Waals surface area contributed by atoms with E-state index in [4.69, 9.17) is 21.3 Å². The minimum absolute atomic E-state index is 0.0297. The number of hydrogen-bond donors (Lipinski definition) is 1. The van der Waals surface area contributed by atoms with E-state index in [1.165, 1.54) is 61.0 Å². The molecular formula is C49H53ClN6O5. The number of fused-ring (bicyclic) bond motifs is 11. The molecule has 3 aromatic carbocycles. The zero-order chi connectivity index (χ0) is 41.2. The molecule has 1 atom stereocenters. The van der Waals surface area contributed by atoms with Gasteiger partial charge in [0, 0.05) is 41.1 Å². The van der Waals surface area contributed by atoms with Crippen molar-refractivity contribution < 1.29 is 19.1 Å². The van der Waals surface area contributed by atoms with Gasteiger partial charge in [-0.05, 0) is 131 Å². The van der Waals surface area contributed by atoms with Crippen LogP contribution in [0.1, 0.15) is 128 Å². The summed E-state index contributed by atoms with van der Waals surface area (Å²) in [5.41, 5.74) is 7.14. The van der Waals surface area contributed by atoms with Crippen molar-refractivity contribution in [3.05, 3.63) is 97.5 Å². The molecule has 3 amide bonds. The lowest BCUT2D eigenvalue weighted by atomic mass is 9.69. The van der Waals surface area contributed by atoms with Crippen LogP contribution in [-0.4, -0.2) is 93.4 Å². The normalized spacial score (nSPS) is 26.9. The molecule has 316 valence electrons. The molecule has 5 fully saturated rings. The average Bonchev–Trinajstić information content (AvgIpc) is 3.87. The van der Waals surface area contributed by atoms with Gasteiger partial charge in [0.1, 0.15) is 17.6 Å². The zero-order valence-electron chi connectivity index (χ0n) is 34.7. The molecule has 1 N–H and O–H groups in total. The van der Waals surface area contributed by atoms with Gasteiger partial charge >= 0.3 is 0 Å². The number of likely N-dealkylation sites (tertiary alicyclic amines) is 2. The van der Waals surface area contributed by atoms with Crippen LogP contribution in [0.2, 0.25) is 5.02 Å².